The van der Waals surface area contributed by atoms with E-state index in [-0.39, 0.29) is 11.8 Å². The summed E-state index contributed by atoms with van der Waals surface area (Å²) in [5.41, 5.74) is 0.884. The fourth-order valence-corrected chi connectivity index (χ4v) is 3.18. The first kappa shape index (κ1) is 13.5. The third-order valence-corrected chi connectivity index (χ3v) is 4.11. The number of nitrogens with one attached hydrogen (secondary N) is 1. The van der Waals surface area contributed by atoms with Crippen molar-refractivity contribution in [2.75, 3.05) is 6.54 Å². The Morgan fingerprint density at radius 2 is 2.33 bits per heavy atom. The number of hydrogen-bond donors (Lipinski definition) is 1. The third kappa shape index (κ3) is 2.89. The van der Waals surface area contributed by atoms with Crippen LogP contribution in [0.4, 0.5) is 4.39 Å². The van der Waals surface area contributed by atoms with E-state index in [1.165, 1.54) is 0 Å². The zero-order chi connectivity index (χ0) is 13.0. The van der Waals surface area contributed by atoms with Gasteiger partial charge in [-0.05, 0) is 37.3 Å². The molecule has 0 aromatic heterocycles. The first-order chi connectivity index (χ1) is 8.76. The molecular formula is C15H22FNO. The molecule has 100 valence electrons. The summed E-state index contributed by atoms with van der Waals surface area (Å²) in [5, 5.41) is 3.45. The van der Waals surface area contributed by atoms with Crippen molar-refractivity contribution >= 4 is 6.29 Å². The fourth-order valence-electron chi connectivity index (χ4n) is 3.18. The number of rotatable bonds is 4. The van der Waals surface area contributed by atoms with E-state index in [2.05, 4.69) is 12.2 Å². The van der Waals surface area contributed by atoms with Crippen LogP contribution in [0.1, 0.15) is 32.6 Å². The molecule has 0 bridgehead atoms. The monoisotopic (exact) mass is 251 g/mol. The minimum absolute atomic E-state index is 0.101. The van der Waals surface area contributed by atoms with Crippen molar-refractivity contribution in [2.45, 2.75) is 44.8 Å². The lowest BCUT2D eigenvalue weighted by atomic mass is 9.72. The summed E-state index contributed by atoms with van der Waals surface area (Å²) in [5.74, 6) is 0.276. The molecule has 0 saturated heterocycles. The smallest absolute Gasteiger partial charge is 0.125 e. The summed E-state index contributed by atoms with van der Waals surface area (Å²) in [6, 6.07) is 0.321. The van der Waals surface area contributed by atoms with E-state index in [1.807, 2.05) is 18.2 Å². The molecule has 4 unspecified atom stereocenters. The van der Waals surface area contributed by atoms with Gasteiger partial charge in [-0.1, -0.05) is 25.2 Å². The molecule has 1 saturated carbocycles. The lowest BCUT2D eigenvalue weighted by Crippen LogP contribution is -2.43. The van der Waals surface area contributed by atoms with Gasteiger partial charge in [0.1, 0.15) is 12.5 Å². The van der Waals surface area contributed by atoms with E-state index in [1.54, 1.807) is 0 Å². The molecule has 0 amide bonds. The minimum atomic E-state index is -0.869. The Morgan fingerprint density at radius 1 is 1.50 bits per heavy atom. The Bertz CT molecular complexity index is 350. The lowest BCUT2D eigenvalue weighted by molar-refractivity contribution is -0.112. The van der Waals surface area contributed by atoms with Crippen LogP contribution in [0.5, 0.6) is 0 Å². The second kappa shape index (κ2) is 6.28. The average molecular weight is 251 g/mol. The molecule has 18 heavy (non-hydrogen) atoms. The minimum Gasteiger partial charge on any atom is -0.314 e. The predicted octanol–water partition coefficient (Wildman–Crippen LogP) is 2.80. The summed E-state index contributed by atoms with van der Waals surface area (Å²) in [6.07, 6.45) is 9.07. The maximum absolute atomic E-state index is 14.0. The number of aldehydes is 1. The van der Waals surface area contributed by atoms with Crippen molar-refractivity contribution in [1.82, 2.24) is 5.32 Å². The van der Waals surface area contributed by atoms with Gasteiger partial charge in [0.15, 0.2) is 0 Å². The van der Waals surface area contributed by atoms with E-state index in [0.29, 0.717) is 12.5 Å². The fraction of sp³-hybridized carbons (Fsp3) is 0.667. The van der Waals surface area contributed by atoms with Crippen LogP contribution < -0.4 is 5.32 Å². The molecule has 0 aromatic carbocycles. The van der Waals surface area contributed by atoms with E-state index in [9.17, 15) is 9.18 Å². The Kier molecular flexibility index (Phi) is 4.70. The van der Waals surface area contributed by atoms with Gasteiger partial charge in [0.2, 0.25) is 0 Å². The van der Waals surface area contributed by atoms with Gasteiger partial charge < -0.3 is 10.1 Å². The van der Waals surface area contributed by atoms with E-state index in [0.717, 1.165) is 37.7 Å². The van der Waals surface area contributed by atoms with Crippen LogP contribution in [0, 0.1) is 11.8 Å². The zero-order valence-corrected chi connectivity index (χ0v) is 10.9. The molecule has 0 aromatic rings. The van der Waals surface area contributed by atoms with Gasteiger partial charge in [0, 0.05) is 18.4 Å². The van der Waals surface area contributed by atoms with Crippen LogP contribution in [-0.4, -0.2) is 25.0 Å². The molecular weight excluding hydrogens is 229 g/mol. The summed E-state index contributed by atoms with van der Waals surface area (Å²) in [6.45, 7) is 2.97. The van der Waals surface area contributed by atoms with Crippen molar-refractivity contribution in [3.05, 3.63) is 23.8 Å². The molecule has 4 atom stereocenters. The van der Waals surface area contributed by atoms with Crippen LogP contribution in [0.2, 0.25) is 0 Å². The highest BCUT2D eigenvalue weighted by Gasteiger charge is 2.35. The zero-order valence-electron chi connectivity index (χ0n) is 10.9. The van der Waals surface area contributed by atoms with Gasteiger partial charge in [0.05, 0.1) is 0 Å². The van der Waals surface area contributed by atoms with Crippen LogP contribution in [0.25, 0.3) is 0 Å². The van der Waals surface area contributed by atoms with Crippen LogP contribution in [0.15, 0.2) is 23.8 Å². The first-order valence-corrected chi connectivity index (χ1v) is 6.95. The predicted molar refractivity (Wildman–Crippen MR) is 71.1 cm³/mol. The molecule has 2 nitrogen and oxygen atoms in total. The molecule has 1 fully saturated rings. The molecule has 0 spiro atoms. The SMILES string of the molecule is CCNC1CCC(C=O)CC1C1=CC=CCC1F. The number of allylic oxidation sites excluding steroid dienone is 3. The Balaban J connectivity index is 2.15. The summed E-state index contributed by atoms with van der Waals surface area (Å²) in [7, 11) is 0. The van der Waals surface area contributed by atoms with Crippen molar-refractivity contribution in [3.8, 4) is 0 Å². The normalized spacial score (nSPS) is 36.2. The Morgan fingerprint density at radius 3 is 3.00 bits per heavy atom. The van der Waals surface area contributed by atoms with Crippen LogP contribution >= 0.6 is 0 Å². The van der Waals surface area contributed by atoms with Crippen LogP contribution in [0.3, 0.4) is 0 Å². The molecule has 0 aliphatic heterocycles. The molecule has 0 radical (unpaired) electrons. The lowest BCUT2D eigenvalue weighted by Gasteiger charge is -2.37. The highest BCUT2D eigenvalue weighted by atomic mass is 19.1. The molecule has 3 heteroatoms. The van der Waals surface area contributed by atoms with Gasteiger partial charge in [0.25, 0.3) is 0 Å². The molecule has 2 rings (SSSR count). The number of carbonyl (C=O) groups is 1. The molecule has 1 N–H and O–H groups in total. The summed E-state index contributed by atoms with van der Waals surface area (Å²) < 4.78 is 14.0. The number of alkyl halides is 1. The second-order valence-corrected chi connectivity index (χ2v) is 5.28. The van der Waals surface area contributed by atoms with Gasteiger partial charge in [-0.2, -0.15) is 0 Å². The molecule has 0 heterocycles. The highest BCUT2D eigenvalue weighted by molar-refractivity contribution is 5.54. The third-order valence-electron chi connectivity index (χ3n) is 4.11. The van der Waals surface area contributed by atoms with Crippen molar-refractivity contribution in [1.29, 1.82) is 0 Å². The van der Waals surface area contributed by atoms with Crippen molar-refractivity contribution in [3.63, 3.8) is 0 Å². The molecule has 2 aliphatic rings. The van der Waals surface area contributed by atoms with Crippen molar-refractivity contribution < 1.29 is 9.18 Å². The van der Waals surface area contributed by atoms with Gasteiger partial charge >= 0.3 is 0 Å². The Hall–Kier alpha value is -0.960. The maximum atomic E-state index is 14.0. The quantitative estimate of drug-likeness (QED) is 0.778. The van der Waals surface area contributed by atoms with Gasteiger partial charge in [-0.25, -0.2) is 4.39 Å². The van der Waals surface area contributed by atoms with Crippen LogP contribution in [-0.2, 0) is 4.79 Å². The maximum Gasteiger partial charge on any atom is 0.125 e. The standard InChI is InChI=1S/C15H22FNO/c1-2-17-15-8-7-11(10-18)9-13(15)12-5-3-4-6-14(12)16/h3-5,10-11,13-15,17H,2,6-9H2,1H3. The Labute approximate surface area is 108 Å². The van der Waals surface area contributed by atoms with Gasteiger partial charge in [-0.3, -0.25) is 0 Å². The largest absolute Gasteiger partial charge is 0.314 e. The van der Waals surface area contributed by atoms with Crippen molar-refractivity contribution in [2.24, 2.45) is 11.8 Å². The number of carbonyl (C=O) groups excluding carboxylic acids is 1. The number of halogens is 1. The summed E-state index contributed by atoms with van der Waals surface area (Å²) in [4.78, 5) is 11.0. The highest BCUT2D eigenvalue weighted by Crippen LogP contribution is 2.37. The second-order valence-electron chi connectivity index (χ2n) is 5.28. The van der Waals surface area contributed by atoms with E-state index in [4.69, 9.17) is 0 Å². The van der Waals surface area contributed by atoms with E-state index >= 15 is 0 Å². The first-order valence-electron chi connectivity index (χ1n) is 6.95. The summed E-state index contributed by atoms with van der Waals surface area (Å²) >= 11 is 0. The topological polar surface area (TPSA) is 29.1 Å². The number of hydrogen-bond acceptors (Lipinski definition) is 2. The average Bonchev–Trinajstić information content (AvgIpc) is 2.40. The van der Waals surface area contributed by atoms with E-state index < -0.39 is 6.17 Å². The molecule has 2 aliphatic carbocycles. The van der Waals surface area contributed by atoms with Gasteiger partial charge in [-0.15, -0.1) is 0 Å².